The summed E-state index contributed by atoms with van der Waals surface area (Å²) in [6.45, 7) is 1.64. The molecule has 0 atom stereocenters. The molecule has 0 aromatic heterocycles. The smallest absolute Gasteiger partial charge is 0.387 e. The van der Waals surface area contributed by atoms with E-state index in [4.69, 9.17) is 0 Å². The minimum Gasteiger partial charge on any atom is -0.434 e. The van der Waals surface area contributed by atoms with Gasteiger partial charge in [-0.15, -0.1) is 0 Å². The number of likely N-dealkylation sites (tertiary alicyclic amines) is 1. The van der Waals surface area contributed by atoms with Gasteiger partial charge in [0, 0.05) is 32.2 Å². The number of aliphatic imine (C=N–C) groups is 1. The van der Waals surface area contributed by atoms with Crippen molar-refractivity contribution in [2.75, 3.05) is 33.2 Å². The number of benzene rings is 1. The van der Waals surface area contributed by atoms with Crippen LogP contribution < -0.4 is 15.4 Å². The Hall–Kier alpha value is -1.89. The lowest BCUT2D eigenvalue weighted by Crippen LogP contribution is -2.42. The van der Waals surface area contributed by atoms with E-state index in [0.717, 1.165) is 26.2 Å². The predicted molar refractivity (Wildman–Crippen MR) is 91.6 cm³/mol. The molecule has 0 aliphatic carbocycles. The molecule has 5 nitrogen and oxygen atoms in total. The number of ether oxygens (including phenoxy) is 1. The van der Waals surface area contributed by atoms with Gasteiger partial charge in [0.25, 0.3) is 0 Å². The van der Waals surface area contributed by atoms with Crippen LogP contribution in [0.15, 0.2) is 29.3 Å². The van der Waals surface area contributed by atoms with Crippen LogP contribution in [0, 0.1) is 0 Å². The number of halogens is 2. The minimum absolute atomic E-state index is 0.184. The number of hydrogen-bond acceptors (Lipinski definition) is 3. The second kappa shape index (κ2) is 10.1. The van der Waals surface area contributed by atoms with Gasteiger partial charge in [-0.25, -0.2) is 0 Å². The van der Waals surface area contributed by atoms with Gasteiger partial charge in [-0.3, -0.25) is 4.99 Å². The Balaban J connectivity index is 1.77. The number of hydrogen-bond donors (Lipinski definition) is 2. The van der Waals surface area contributed by atoms with Crippen molar-refractivity contribution in [3.63, 3.8) is 0 Å². The van der Waals surface area contributed by atoms with Crippen molar-refractivity contribution < 1.29 is 13.5 Å². The Kier molecular flexibility index (Phi) is 7.74. The lowest BCUT2D eigenvalue weighted by molar-refractivity contribution is -0.0504. The summed E-state index contributed by atoms with van der Waals surface area (Å²) in [5.74, 6) is 0.836. The molecule has 0 bridgehead atoms. The van der Waals surface area contributed by atoms with Gasteiger partial charge in [-0.1, -0.05) is 24.6 Å². The molecular formula is C17H26F2N4O. The van der Waals surface area contributed by atoms with Crippen LogP contribution in [-0.2, 0) is 6.54 Å². The molecule has 1 saturated heterocycles. The first kappa shape index (κ1) is 18.4. The standard InChI is InChI=1S/C17H26F2N4O/c1-20-17(21-9-12-23-10-5-2-6-11-23)22-13-14-7-3-4-8-15(14)24-16(18)19/h3-4,7-8,16H,2,5-6,9-13H2,1H3,(H2,20,21,22). The summed E-state index contributed by atoms with van der Waals surface area (Å²) in [4.78, 5) is 6.60. The Labute approximate surface area is 142 Å². The monoisotopic (exact) mass is 340 g/mol. The third kappa shape index (κ3) is 6.31. The van der Waals surface area contributed by atoms with E-state index in [1.807, 2.05) is 0 Å². The van der Waals surface area contributed by atoms with Crippen molar-refractivity contribution in [3.8, 4) is 5.75 Å². The summed E-state index contributed by atoms with van der Waals surface area (Å²) < 4.78 is 29.4. The van der Waals surface area contributed by atoms with Crippen molar-refractivity contribution >= 4 is 5.96 Å². The van der Waals surface area contributed by atoms with Crippen LogP contribution in [-0.4, -0.2) is 50.7 Å². The van der Waals surface area contributed by atoms with Crippen LogP contribution in [0.4, 0.5) is 8.78 Å². The van der Waals surface area contributed by atoms with Crippen molar-refractivity contribution in [2.45, 2.75) is 32.4 Å². The SMILES string of the molecule is CN=C(NCCN1CCCCC1)NCc1ccccc1OC(F)F. The van der Waals surface area contributed by atoms with Gasteiger partial charge in [0.2, 0.25) is 0 Å². The molecule has 1 aromatic rings. The molecule has 0 unspecified atom stereocenters. The van der Waals surface area contributed by atoms with E-state index in [2.05, 4.69) is 25.3 Å². The van der Waals surface area contributed by atoms with Gasteiger partial charge in [0.1, 0.15) is 5.75 Å². The number of alkyl halides is 2. The highest BCUT2D eigenvalue weighted by atomic mass is 19.3. The van der Waals surface area contributed by atoms with Gasteiger partial charge < -0.3 is 20.3 Å². The number of rotatable bonds is 7. The molecule has 2 rings (SSSR count). The van der Waals surface area contributed by atoms with E-state index in [0.29, 0.717) is 18.1 Å². The fourth-order valence-corrected chi connectivity index (χ4v) is 2.78. The van der Waals surface area contributed by atoms with Crippen LogP contribution in [0.2, 0.25) is 0 Å². The Morgan fingerprint density at radius 1 is 1.21 bits per heavy atom. The minimum atomic E-state index is -2.83. The van der Waals surface area contributed by atoms with Gasteiger partial charge >= 0.3 is 6.61 Å². The fourth-order valence-electron chi connectivity index (χ4n) is 2.78. The molecule has 0 radical (unpaired) electrons. The Morgan fingerprint density at radius 3 is 2.67 bits per heavy atom. The summed E-state index contributed by atoms with van der Waals surface area (Å²) in [5, 5.41) is 6.39. The molecule has 1 aliphatic rings. The second-order valence-electron chi connectivity index (χ2n) is 5.74. The lowest BCUT2D eigenvalue weighted by atomic mass is 10.1. The topological polar surface area (TPSA) is 48.9 Å². The van der Waals surface area contributed by atoms with E-state index in [1.54, 1.807) is 25.2 Å². The second-order valence-corrected chi connectivity index (χ2v) is 5.74. The van der Waals surface area contributed by atoms with Crippen LogP contribution in [0.1, 0.15) is 24.8 Å². The highest BCUT2D eigenvalue weighted by Crippen LogP contribution is 2.19. The average Bonchev–Trinajstić information content (AvgIpc) is 2.59. The highest BCUT2D eigenvalue weighted by molar-refractivity contribution is 5.79. The number of nitrogens with zero attached hydrogens (tertiary/aromatic N) is 2. The van der Waals surface area contributed by atoms with Gasteiger partial charge in [0.05, 0.1) is 0 Å². The summed E-state index contributed by atoms with van der Waals surface area (Å²) in [6.07, 6.45) is 3.87. The largest absolute Gasteiger partial charge is 0.434 e. The first-order chi connectivity index (χ1) is 11.7. The summed E-state index contributed by atoms with van der Waals surface area (Å²) in [7, 11) is 1.69. The van der Waals surface area contributed by atoms with Crippen LogP contribution >= 0.6 is 0 Å². The molecule has 2 N–H and O–H groups in total. The first-order valence-corrected chi connectivity index (χ1v) is 8.38. The molecule has 0 spiro atoms. The quantitative estimate of drug-likeness (QED) is 0.591. The van der Waals surface area contributed by atoms with Gasteiger partial charge in [-0.2, -0.15) is 8.78 Å². The van der Waals surface area contributed by atoms with Crippen molar-refractivity contribution in [2.24, 2.45) is 4.99 Å². The van der Waals surface area contributed by atoms with E-state index < -0.39 is 6.61 Å². The zero-order chi connectivity index (χ0) is 17.2. The number of para-hydroxylation sites is 1. The number of guanidine groups is 1. The molecule has 0 saturated carbocycles. The van der Waals surface area contributed by atoms with Crippen LogP contribution in [0.3, 0.4) is 0 Å². The summed E-state index contributed by atoms with van der Waals surface area (Å²) in [6, 6.07) is 6.76. The zero-order valence-electron chi connectivity index (χ0n) is 14.1. The molecule has 1 heterocycles. The molecule has 1 fully saturated rings. The molecule has 1 aliphatic heterocycles. The summed E-state index contributed by atoms with van der Waals surface area (Å²) in [5.41, 5.74) is 0.664. The Bertz CT molecular complexity index is 519. The molecular weight excluding hydrogens is 314 g/mol. The Morgan fingerprint density at radius 2 is 1.96 bits per heavy atom. The molecule has 134 valence electrons. The average molecular weight is 340 g/mol. The third-order valence-electron chi connectivity index (χ3n) is 4.03. The maximum absolute atomic E-state index is 12.4. The number of nitrogens with one attached hydrogen (secondary N) is 2. The van der Waals surface area contributed by atoms with Crippen LogP contribution in [0.25, 0.3) is 0 Å². The zero-order valence-corrected chi connectivity index (χ0v) is 14.1. The normalized spacial score (nSPS) is 16.2. The van der Waals surface area contributed by atoms with E-state index in [-0.39, 0.29) is 5.75 Å². The maximum Gasteiger partial charge on any atom is 0.387 e. The van der Waals surface area contributed by atoms with E-state index >= 15 is 0 Å². The first-order valence-electron chi connectivity index (χ1n) is 8.38. The number of piperidine rings is 1. The predicted octanol–water partition coefficient (Wildman–Crippen LogP) is 2.44. The lowest BCUT2D eigenvalue weighted by Gasteiger charge is -2.26. The maximum atomic E-state index is 12.4. The van der Waals surface area contributed by atoms with E-state index in [1.165, 1.54) is 25.3 Å². The molecule has 0 amide bonds. The molecule has 24 heavy (non-hydrogen) atoms. The van der Waals surface area contributed by atoms with Gasteiger partial charge in [0.15, 0.2) is 5.96 Å². The molecule has 1 aromatic carbocycles. The van der Waals surface area contributed by atoms with Crippen molar-refractivity contribution in [1.29, 1.82) is 0 Å². The van der Waals surface area contributed by atoms with E-state index in [9.17, 15) is 8.78 Å². The molecule has 7 heteroatoms. The van der Waals surface area contributed by atoms with Gasteiger partial charge in [-0.05, 0) is 32.0 Å². The highest BCUT2D eigenvalue weighted by Gasteiger charge is 2.11. The van der Waals surface area contributed by atoms with Crippen molar-refractivity contribution in [3.05, 3.63) is 29.8 Å². The third-order valence-corrected chi connectivity index (χ3v) is 4.03. The van der Waals surface area contributed by atoms with Crippen LogP contribution in [0.5, 0.6) is 5.75 Å². The van der Waals surface area contributed by atoms with Crippen molar-refractivity contribution in [1.82, 2.24) is 15.5 Å². The summed E-state index contributed by atoms with van der Waals surface area (Å²) >= 11 is 0. The fraction of sp³-hybridized carbons (Fsp3) is 0.588.